The molecule has 6 heteroatoms. The Labute approximate surface area is 120 Å². The molecule has 0 heterocycles. The molecule has 1 amide bonds. The lowest BCUT2D eigenvalue weighted by Crippen LogP contribution is -2.35. The van der Waals surface area contributed by atoms with Gasteiger partial charge in [0.25, 0.3) is 0 Å². The summed E-state index contributed by atoms with van der Waals surface area (Å²) in [5.74, 6) is 0.278. The van der Waals surface area contributed by atoms with Crippen LogP contribution in [0.3, 0.4) is 0 Å². The monoisotopic (exact) mass is 334 g/mol. The Bertz CT molecular complexity index is 440. The van der Waals surface area contributed by atoms with Crippen molar-refractivity contribution in [3.05, 3.63) is 21.6 Å². The predicted molar refractivity (Wildman–Crippen MR) is 77.2 cm³/mol. The number of hydrogen-bond acceptors (Lipinski definition) is 3. The molecule has 4 nitrogen and oxygen atoms in total. The van der Waals surface area contributed by atoms with Gasteiger partial charge in [0.05, 0.1) is 23.3 Å². The molecule has 0 saturated heterocycles. The van der Waals surface area contributed by atoms with Gasteiger partial charge in [0.1, 0.15) is 0 Å². The van der Waals surface area contributed by atoms with Gasteiger partial charge in [0.2, 0.25) is 5.91 Å². The maximum atomic E-state index is 11.8. The Morgan fingerprint density at radius 2 is 2.28 bits per heavy atom. The van der Waals surface area contributed by atoms with Crippen molar-refractivity contribution >= 4 is 39.1 Å². The molecule has 3 N–H and O–H groups in total. The summed E-state index contributed by atoms with van der Waals surface area (Å²) in [4.78, 5) is 11.8. The Kier molecular flexibility index (Phi) is 5.91. The van der Waals surface area contributed by atoms with Gasteiger partial charge in [-0.25, -0.2) is 0 Å². The van der Waals surface area contributed by atoms with Crippen LogP contribution in [0.15, 0.2) is 16.6 Å². The number of amides is 1. The molecular formula is C12H16BrClN2O2. The van der Waals surface area contributed by atoms with Crippen LogP contribution in [0.25, 0.3) is 0 Å². The lowest BCUT2D eigenvalue weighted by atomic mass is 10.1. The number of benzene rings is 1. The lowest BCUT2D eigenvalue weighted by molar-refractivity contribution is -0.117. The van der Waals surface area contributed by atoms with E-state index in [9.17, 15) is 4.79 Å². The van der Waals surface area contributed by atoms with Gasteiger partial charge in [0, 0.05) is 5.02 Å². The minimum Gasteiger partial charge on any atom is -0.493 e. The van der Waals surface area contributed by atoms with Crippen LogP contribution in [0.2, 0.25) is 5.02 Å². The third kappa shape index (κ3) is 3.86. The van der Waals surface area contributed by atoms with Crippen molar-refractivity contribution in [1.29, 1.82) is 0 Å². The fraction of sp³-hybridized carbons (Fsp3) is 0.417. The molecule has 18 heavy (non-hydrogen) atoms. The zero-order valence-corrected chi connectivity index (χ0v) is 12.6. The molecule has 0 spiro atoms. The van der Waals surface area contributed by atoms with E-state index in [4.69, 9.17) is 22.1 Å². The van der Waals surface area contributed by atoms with Crippen molar-refractivity contribution in [2.24, 2.45) is 5.73 Å². The second-order valence-electron chi connectivity index (χ2n) is 3.85. The minimum atomic E-state index is -0.530. The summed E-state index contributed by atoms with van der Waals surface area (Å²) in [5.41, 5.74) is 6.25. The van der Waals surface area contributed by atoms with Gasteiger partial charge >= 0.3 is 0 Å². The van der Waals surface area contributed by atoms with Crippen LogP contribution in [-0.2, 0) is 4.79 Å². The van der Waals surface area contributed by atoms with Crippen molar-refractivity contribution in [1.82, 2.24) is 0 Å². The number of methoxy groups -OCH3 is 1. The van der Waals surface area contributed by atoms with Crippen molar-refractivity contribution in [2.75, 3.05) is 12.4 Å². The van der Waals surface area contributed by atoms with Crippen LogP contribution in [0, 0.1) is 0 Å². The van der Waals surface area contributed by atoms with Crippen LogP contribution in [-0.4, -0.2) is 19.1 Å². The second kappa shape index (κ2) is 6.97. The number of rotatable bonds is 5. The molecule has 0 saturated carbocycles. The molecule has 0 aliphatic rings. The fourth-order valence-corrected chi connectivity index (χ4v) is 2.50. The van der Waals surface area contributed by atoms with Crippen molar-refractivity contribution in [3.8, 4) is 5.75 Å². The van der Waals surface area contributed by atoms with Crippen LogP contribution in [0.5, 0.6) is 5.75 Å². The van der Waals surface area contributed by atoms with E-state index in [1.165, 1.54) is 7.11 Å². The van der Waals surface area contributed by atoms with Gasteiger partial charge in [-0.3, -0.25) is 4.79 Å². The smallest absolute Gasteiger partial charge is 0.241 e. The quantitative estimate of drug-likeness (QED) is 0.868. The Morgan fingerprint density at radius 1 is 1.61 bits per heavy atom. The highest BCUT2D eigenvalue weighted by Gasteiger charge is 2.16. The SMILES string of the molecule is CCC[C@@H](N)C(=O)Nc1cc(Cl)cc(Br)c1OC. The molecule has 100 valence electrons. The summed E-state index contributed by atoms with van der Waals surface area (Å²) in [6.07, 6.45) is 1.49. The zero-order chi connectivity index (χ0) is 13.7. The van der Waals surface area contributed by atoms with Crippen LogP contribution >= 0.6 is 27.5 Å². The predicted octanol–water partition coefficient (Wildman–Crippen LogP) is 3.18. The maximum Gasteiger partial charge on any atom is 0.241 e. The van der Waals surface area contributed by atoms with Crippen molar-refractivity contribution in [2.45, 2.75) is 25.8 Å². The summed E-state index contributed by atoms with van der Waals surface area (Å²) in [7, 11) is 1.52. The van der Waals surface area contributed by atoms with Crippen molar-refractivity contribution < 1.29 is 9.53 Å². The number of anilines is 1. The summed E-state index contributed by atoms with van der Waals surface area (Å²) >= 11 is 9.26. The topological polar surface area (TPSA) is 64.4 Å². The summed E-state index contributed by atoms with van der Waals surface area (Å²) in [6.45, 7) is 1.98. The number of carbonyl (C=O) groups is 1. The van der Waals surface area contributed by atoms with Gasteiger partial charge in [0.15, 0.2) is 5.75 Å². The molecule has 1 aromatic carbocycles. The standard InChI is InChI=1S/C12H16BrClN2O2/c1-3-4-9(15)12(17)16-10-6-7(14)5-8(13)11(10)18-2/h5-6,9H,3-4,15H2,1-2H3,(H,16,17)/t9-/m1/s1. The summed E-state index contributed by atoms with van der Waals surface area (Å²) in [5, 5.41) is 3.23. The third-order valence-corrected chi connectivity index (χ3v) is 3.21. The lowest BCUT2D eigenvalue weighted by Gasteiger charge is -2.15. The van der Waals surface area contributed by atoms with E-state index < -0.39 is 6.04 Å². The van der Waals surface area contributed by atoms with E-state index in [-0.39, 0.29) is 5.91 Å². The molecule has 1 rings (SSSR count). The Hall–Kier alpha value is -0.780. The highest BCUT2D eigenvalue weighted by Crippen LogP contribution is 2.36. The molecule has 0 bridgehead atoms. The first kappa shape index (κ1) is 15.3. The molecule has 0 aromatic heterocycles. The van der Waals surface area contributed by atoms with Crippen molar-refractivity contribution in [3.63, 3.8) is 0 Å². The molecular weight excluding hydrogens is 320 g/mol. The van der Waals surface area contributed by atoms with E-state index in [2.05, 4.69) is 21.2 Å². The van der Waals surface area contributed by atoms with E-state index in [0.29, 0.717) is 27.4 Å². The van der Waals surface area contributed by atoms with E-state index in [1.54, 1.807) is 12.1 Å². The molecule has 0 fully saturated rings. The minimum absolute atomic E-state index is 0.246. The number of halogens is 2. The van der Waals surface area contributed by atoms with E-state index in [1.807, 2.05) is 6.92 Å². The maximum absolute atomic E-state index is 11.8. The van der Waals surface area contributed by atoms with Crippen LogP contribution < -0.4 is 15.8 Å². The molecule has 0 radical (unpaired) electrons. The van der Waals surface area contributed by atoms with Crippen LogP contribution in [0.1, 0.15) is 19.8 Å². The van der Waals surface area contributed by atoms with Gasteiger partial charge in [-0.2, -0.15) is 0 Å². The number of hydrogen-bond donors (Lipinski definition) is 2. The molecule has 0 unspecified atom stereocenters. The fourth-order valence-electron chi connectivity index (χ4n) is 1.53. The van der Waals surface area contributed by atoms with E-state index in [0.717, 1.165) is 6.42 Å². The number of nitrogens with two attached hydrogens (primary N) is 1. The Balaban J connectivity index is 2.93. The highest BCUT2D eigenvalue weighted by atomic mass is 79.9. The number of ether oxygens (including phenoxy) is 1. The third-order valence-electron chi connectivity index (χ3n) is 2.41. The van der Waals surface area contributed by atoms with Gasteiger partial charge in [-0.15, -0.1) is 0 Å². The molecule has 1 atom stereocenters. The Morgan fingerprint density at radius 3 is 2.83 bits per heavy atom. The normalized spacial score (nSPS) is 12.1. The average Bonchev–Trinajstić information content (AvgIpc) is 2.28. The summed E-state index contributed by atoms with van der Waals surface area (Å²) in [6, 6.07) is 2.79. The van der Waals surface area contributed by atoms with Gasteiger partial charge in [-0.05, 0) is 34.5 Å². The largest absolute Gasteiger partial charge is 0.493 e. The molecule has 0 aliphatic heterocycles. The number of nitrogens with one attached hydrogen (secondary N) is 1. The zero-order valence-electron chi connectivity index (χ0n) is 10.3. The van der Waals surface area contributed by atoms with Gasteiger partial charge in [-0.1, -0.05) is 24.9 Å². The first-order valence-corrected chi connectivity index (χ1v) is 6.76. The van der Waals surface area contributed by atoms with Crippen LogP contribution in [0.4, 0.5) is 5.69 Å². The second-order valence-corrected chi connectivity index (χ2v) is 5.14. The van der Waals surface area contributed by atoms with Gasteiger partial charge < -0.3 is 15.8 Å². The summed E-state index contributed by atoms with van der Waals surface area (Å²) < 4.78 is 5.89. The average molecular weight is 336 g/mol. The highest BCUT2D eigenvalue weighted by molar-refractivity contribution is 9.10. The number of carbonyl (C=O) groups excluding carboxylic acids is 1. The first-order chi connectivity index (χ1) is 8.49. The molecule has 1 aromatic rings. The molecule has 0 aliphatic carbocycles. The first-order valence-electron chi connectivity index (χ1n) is 5.59. The van der Waals surface area contributed by atoms with E-state index >= 15 is 0 Å².